The van der Waals surface area contributed by atoms with Crippen LogP contribution in [-0.4, -0.2) is 24.8 Å². The lowest BCUT2D eigenvalue weighted by molar-refractivity contribution is -0.0623. The maximum atomic E-state index is 6.37. The summed E-state index contributed by atoms with van der Waals surface area (Å²) in [5, 5.41) is 3.62. The van der Waals surface area contributed by atoms with Crippen LogP contribution in [-0.2, 0) is 4.74 Å². The van der Waals surface area contributed by atoms with Gasteiger partial charge in [-0.05, 0) is 44.6 Å². The molecule has 2 aliphatic carbocycles. The molecule has 3 fully saturated rings. The van der Waals surface area contributed by atoms with Gasteiger partial charge in [0.1, 0.15) is 0 Å². The van der Waals surface area contributed by atoms with Crippen molar-refractivity contribution in [3.63, 3.8) is 0 Å². The largest absolute Gasteiger partial charge is 0.370 e. The Morgan fingerprint density at radius 3 is 2.50 bits per heavy atom. The lowest BCUT2D eigenvalue weighted by Crippen LogP contribution is -2.35. The number of rotatable bonds is 5. The quantitative estimate of drug-likeness (QED) is 0.753. The van der Waals surface area contributed by atoms with Gasteiger partial charge in [0, 0.05) is 6.54 Å². The van der Waals surface area contributed by atoms with Crippen molar-refractivity contribution >= 4 is 0 Å². The van der Waals surface area contributed by atoms with E-state index in [0.29, 0.717) is 11.7 Å². The predicted molar refractivity (Wildman–Crippen MR) is 74.8 cm³/mol. The van der Waals surface area contributed by atoms with Crippen LogP contribution in [0.1, 0.15) is 70.6 Å². The molecule has 2 saturated carbocycles. The van der Waals surface area contributed by atoms with Crippen LogP contribution in [0.15, 0.2) is 0 Å². The molecule has 2 nitrogen and oxygen atoms in total. The van der Waals surface area contributed by atoms with Crippen molar-refractivity contribution in [2.75, 3.05) is 13.1 Å². The molecule has 104 valence electrons. The Balaban J connectivity index is 1.31. The Bertz CT molecular complexity index is 256. The Hall–Kier alpha value is -0.0800. The Labute approximate surface area is 112 Å². The summed E-state index contributed by atoms with van der Waals surface area (Å²) in [6.45, 7) is 2.30. The molecule has 1 spiro atoms. The van der Waals surface area contributed by atoms with Crippen LogP contribution in [0.5, 0.6) is 0 Å². The monoisotopic (exact) mass is 251 g/mol. The summed E-state index contributed by atoms with van der Waals surface area (Å²) in [7, 11) is 0. The van der Waals surface area contributed by atoms with Crippen LogP contribution < -0.4 is 5.32 Å². The van der Waals surface area contributed by atoms with Gasteiger partial charge >= 0.3 is 0 Å². The minimum Gasteiger partial charge on any atom is -0.370 e. The predicted octanol–water partition coefficient (Wildman–Crippen LogP) is 3.65. The molecule has 3 aliphatic rings. The first-order chi connectivity index (χ1) is 8.86. The number of hydrogen-bond acceptors (Lipinski definition) is 2. The molecule has 1 atom stereocenters. The van der Waals surface area contributed by atoms with E-state index < -0.39 is 0 Å². The zero-order valence-corrected chi connectivity index (χ0v) is 11.8. The van der Waals surface area contributed by atoms with Gasteiger partial charge in [-0.1, -0.05) is 38.5 Å². The van der Waals surface area contributed by atoms with E-state index in [0.717, 1.165) is 12.5 Å². The summed E-state index contributed by atoms with van der Waals surface area (Å²) in [5.41, 5.74) is 0.304. The average molecular weight is 251 g/mol. The first-order valence-corrected chi connectivity index (χ1v) is 8.25. The Kier molecular flexibility index (Phi) is 4.25. The standard InChI is InChI=1S/C16H29NO/c1-2-9-16(10-3-1)11-7-15(18-16)13-17-12-8-14-5-4-6-14/h14-15,17H,1-13H2. The molecule has 0 aromatic carbocycles. The lowest BCUT2D eigenvalue weighted by Gasteiger charge is -2.33. The van der Waals surface area contributed by atoms with E-state index in [1.165, 1.54) is 77.2 Å². The molecule has 1 heterocycles. The van der Waals surface area contributed by atoms with Gasteiger partial charge < -0.3 is 10.1 Å². The molecule has 0 aromatic heterocycles. The number of ether oxygens (including phenoxy) is 1. The first-order valence-electron chi connectivity index (χ1n) is 8.25. The van der Waals surface area contributed by atoms with Crippen molar-refractivity contribution in [3.8, 4) is 0 Å². The molecule has 1 N–H and O–H groups in total. The molecule has 1 saturated heterocycles. The van der Waals surface area contributed by atoms with Gasteiger partial charge in [0.15, 0.2) is 0 Å². The van der Waals surface area contributed by atoms with Crippen molar-refractivity contribution in [2.45, 2.75) is 82.3 Å². The third kappa shape index (κ3) is 3.08. The third-order valence-electron chi connectivity index (χ3n) is 5.43. The van der Waals surface area contributed by atoms with Gasteiger partial charge in [0.2, 0.25) is 0 Å². The summed E-state index contributed by atoms with van der Waals surface area (Å²) in [5.74, 6) is 1.03. The SMILES string of the molecule is C1CCC2(CC1)CCC(CNCCC1CCC1)O2. The van der Waals surface area contributed by atoms with Gasteiger partial charge in [-0.15, -0.1) is 0 Å². The molecule has 0 radical (unpaired) electrons. The van der Waals surface area contributed by atoms with E-state index >= 15 is 0 Å². The maximum Gasteiger partial charge on any atom is 0.0708 e. The third-order valence-corrected chi connectivity index (χ3v) is 5.43. The second kappa shape index (κ2) is 5.92. The zero-order chi connectivity index (χ0) is 12.3. The van der Waals surface area contributed by atoms with Gasteiger partial charge in [-0.2, -0.15) is 0 Å². The van der Waals surface area contributed by atoms with E-state index in [2.05, 4.69) is 5.32 Å². The number of hydrogen-bond donors (Lipinski definition) is 1. The molecule has 1 unspecified atom stereocenters. The van der Waals surface area contributed by atoms with Crippen LogP contribution in [0.25, 0.3) is 0 Å². The molecule has 3 rings (SSSR count). The van der Waals surface area contributed by atoms with E-state index in [1.807, 2.05) is 0 Å². The summed E-state index contributed by atoms with van der Waals surface area (Å²) in [6, 6.07) is 0. The van der Waals surface area contributed by atoms with Gasteiger partial charge in [-0.25, -0.2) is 0 Å². The van der Waals surface area contributed by atoms with Crippen LogP contribution in [0, 0.1) is 5.92 Å². The fraction of sp³-hybridized carbons (Fsp3) is 1.00. The summed E-state index contributed by atoms with van der Waals surface area (Å²) >= 11 is 0. The minimum absolute atomic E-state index is 0.304. The second-order valence-electron chi connectivity index (χ2n) is 6.81. The van der Waals surface area contributed by atoms with E-state index in [1.54, 1.807) is 0 Å². The van der Waals surface area contributed by atoms with Crippen molar-refractivity contribution in [3.05, 3.63) is 0 Å². The Morgan fingerprint density at radius 1 is 0.944 bits per heavy atom. The summed E-state index contributed by atoms with van der Waals surface area (Å²) in [4.78, 5) is 0. The van der Waals surface area contributed by atoms with E-state index in [4.69, 9.17) is 4.74 Å². The topological polar surface area (TPSA) is 21.3 Å². The highest BCUT2D eigenvalue weighted by molar-refractivity contribution is 4.91. The van der Waals surface area contributed by atoms with Gasteiger partial charge in [0.05, 0.1) is 11.7 Å². The molecule has 18 heavy (non-hydrogen) atoms. The zero-order valence-electron chi connectivity index (χ0n) is 11.8. The molecule has 1 aliphatic heterocycles. The van der Waals surface area contributed by atoms with Crippen LogP contribution in [0.2, 0.25) is 0 Å². The van der Waals surface area contributed by atoms with Crippen LogP contribution in [0.3, 0.4) is 0 Å². The second-order valence-corrected chi connectivity index (χ2v) is 6.81. The molecule has 0 aromatic rings. The smallest absolute Gasteiger partial charge is 0.0708 e. The maximum absolute atomic E-state index is 6.37. The molecular formula is C16H29NO. The van der Waals surface area contributed by atoms with Crippen molar-refractivity contribution < 1.29 is 4.74 Å². The van der Waals surface area contributed by atoms with Crippen LogP contribution >= 0.6 is 0 Å². The van der Waals surface area contributed by atoms with E-state index in [9.17, 15) is 0 Å². The van der Waals surface area contributed by atoms with Crippen molar-refractivity contribution in [1.29, 1.82) is 0 Å². The molecule has 0 amide bonds. The molecular weight excluding hydrogens is 222 g/mol. The fourth-order valence-corrected chi connectivity index (χ4v) is 3.95. The Morgan fingerprint density at radius 2 is 1.78 bits per heavy atom. The fourth-order valence-electron chi connectivity index (χ4n) is 3.95. The summed E-state index contributed by atoms with van der Waals surface area (Å²) < 4.78 is 6.37. The highest BCUT2D eigenvalue weighted by Crippen LogP contribution is 2.41. The van der Waals surface area contributed by atoms with Crippen LogP contribution in [0.4, 0.5) is 0 Å². The average Bonchev–Trinajstić information content (AvgIpc) is 2.71. The normalized spacial score (nSPS) is 31.7. The van der Waals surface area contributed by atoms with Gasteiger partial charge in [0.25, 0.3) is 0 Å². The van der Waals surface area contributed by atoms with Crippen molar-refractivity contribution in [2.24, 2.45) is 5.92 Å². The summed E-state index contributed by atoms with van der Waals surface area (Å²) in [6.07, 6.45) is 15.8. The highest BCUT2D eigenvalue weighted by Gasteiger charge is 2.40. The molecule has 2 heteroatoms. The van der Waals surface area contributed by atoms with Crippen molar-refractivity contribution in [1.82, 2.24) is 5.32 Å². The highest BCUT2D eigenvalue weighted by atomic mass is 16.5. The van der Waals surface area contributed by atoms with E-state index in [-0.39, 0.29) is 0 Å². The lowest BCUT2D eigenvalue weighted by atomic mass is 9.83. The number of nitrogens with one attached hydrogen (secondary N) is 1. The molecule has 0 bridgehead atoms. The van der Waals surface area contributed by atoms with Gasteiger partial charge in [-0.3, -0.25) is 0 Å². The first kappa shape index (κ1) is 12.9. The minimum atomic E-state index is 0.304.